The van der Waals surface area contributed by atoms with Crippen LogP contribution in [0.25, 0.3) is 0 Å². The van der Waals surface area contributed by atoms with E-state index >= 15 is 0 Å². The van der Waals surface area contributed by atoms with Gasteiger partial charge in [-0.1, -0.05) is 29.8 Å². The van der Waals surface area contributed by atoms with Crippen LogP contribution in [0, 0.1) is 6.92 Å². The second-order valence-corrected chi connectivity index (χ2v) is 5.18. The van der Waals surface area contributed by atoms with E-state index in [2.05, 4.69) is 61.6 Å². The number of aromatic nitrogens is 2. The normalized spacial score (nSPS) is 12.6. The first-order valence-corrected chi connectivity index (χ1v) is 6.97. The van der Waals surface area contributed by atoms with Crippen LogP contribution < -0.4 is 5.32 Å². The summed E-state index contributed by atoms with van der Waals surface area (Å²) in [6.07, 6.45) is 5.10. The Labute approximate surface area is 115 Å². The highest BCUT2D eigenvalue weighted by Crippen LogP contribution is 2.06. The predicted molar refractivity (Wildman–Crippen MR) is 79.1 cm³/mol. The maximum absolute atomic E-state index is 4.28. The zero-order valence-electron chi connectivity index (χ0n) is 12.1. The average Bonchev–Trinajstić information content (AvgIpc) is 2.87. The van der Waals surface area contributed by atoms with Crippen LogP contribution in [0.2, 0.25) is 0 Å². The maximum Gasteiger partial charge on any atom is 0.0534 e. The Balaban J connectivity index is 1.81. The van der Waals surface area contributed by atoms with Crippen molar-refractivity contribution in [1.29, 1.82) is 0 Å². The molecule has 0 aliphatic rings. The molecule has 0 spiro atoms. The van der Waals surface area contributed by atoms with Crippen LogP contribution in [0.15, 0.2) is 36.7 Å². The lowest BCUT2D eigenvalue weighted by Crippen LogP contribution is -2.27. The van der Waals surface area contributed by atoms with Gasteiger partial charge in [0, 0.05) is 30.9 Å². The minimum atomic E-state index is 0.465. The largest absolute Gasteiger partial charge is 0.310 e. The number of aryl methyl sites for hydroxylation is 2. The molecule has 0 aliphatic heterocycles. The lowest BCUT2D eigenvalue weighted by atomic mass is 10.1. The van der Waals surface area contributed by atoms with Gasteiger partial charge in [-0.2, -0.15) is 5.10 Å². The lowest BCUT2D eigenvalue weighted by molar-refractivity contribution is 0.545. The van der Waals surface area contributed by atoms with Gasteiger partial charge in [-0.15, -0.1) is 0 Å². The molecule has 3 nitrogen and oxygen atoms in total. The van der Waals surface area contributed by atoms with Gasteiger partial charge in [0.15, 0.2) is 0 Å². The molecule has 102 valence electrons. The van der Waals surface area contributed by atoms with E-state index in [0.717, 1.165) is 19.5 Å². The molecule has 1 aromatic carbocycles. The Morgan fingerprint density at radius 2 is 1.95 bits per heavy atom. The SMILES string of the molecule is CCn1cc(CN[C@@H](C)Cc2ccc(C)cc2)cn1. The van der Waals surface area contributed by atoms with Crippen molar-refractivity contribution in [1.82, 2.24) is 15.1 Å². The van der Waals surface area contributed by atoms with E-state index < -0.39 is 0 Å². The molecule has 2 aromatic rings. The molecule has 2 rings (SSSR count). The van der Waals surface area contributed by atoms with Gasteiger partial charge in [-0.25, -0.2) is 0 Å². The summed E-state index contributed by atoms with van der Waals surface area (Å²) in [6, 6.07) is 9.24. The third-order valence-electron chi connectivity index (χ3n) is 3.33. The number of hydrogen-bond acceptors (Lipinski definition) is 2. The van der Waals surface area contributed by atoms with Gasteiger partial charge < -0.3 is 5.32 Å². The fraction of sp³-hybridized carbons (Fsp3) is 0.438. The first-order valence-electron chi connectivity index (χ1n) is 6.97. The molecule has 0 aliphatic carbocycles. The molecule has 0 bridgehead atoms. The molecule has 1 aromatic heterocycles. The van der Waals surface area contributed by atoms with Gasteiger partial charge in [0.1, 0.15) is 0 Å². The van der Waals surface area contributed by atoms with Crippen LogP contribution in [-0.2, 0) is 19.5 Å². The summed E-state index contributed by atoms with van der Waals surface area (Å²) in [5.74, 6) is 0. The van der Waals surface area contributed by atoms with Crippen LogP contribution in [0.3, 0.4) is 0 Å². The van der Waals surface area contributed by atoms with E-state index in [1.807, 2.05) is 10.9 Å². The molecule has 0 fully saturated rings. The van der Waals surface area contributed by atoms with Crippen molar-refractivity contribution < 1.29 is 0 Å². The van der Waals surface area contributed by atoms with Gasteiger partial charge in [0.25, 0.3) is 0 Å². The number of nitrogens with one attached hydrogen (secondary N) is 1. The second-order valence-electron chi connectivity index (χ2n) is 5.18. The first kappa shape index (κ1) is 13.8. The standard InChI is InChI=1S/C16H23N3/c1-4-19-12-16(11-18-19)10-17-14(3)9-15-7-5-13(2)6-8-15/h5-8,11-12,14,17H,4,9-10H2,1-3H3/t14-/m0/s1. The molecule has 0 saturated carbocycles. The number of benzene rings is 1. The van der Waals surface area contributed by atoms with Gasteiger partial charge in [0.05, 0.1) is 6.20 Å². The molecule has 0 radical (unpaired) electrons. The molecule has 1 atom stereocenters. The Morgan fingerprint density at radius 1 is 1.21 bits per heavy atom. The highest BCUT2D eigenvalue weighted by Gasteiger charge is 2.04. The second kappa shape index (κ2) is 6.53. The summed E-state index contributed by atoms with van der Waals surface area (Å²) in [7, 11) is 0. The maximum atomic E-state index is 4.28. The third-order valence-corrected chi connectivity index (χ3v) is 3.33. The van der Waals surface area contributed by atoms with E-state index in [0.29, 0.717) is 6.04 Å². The zero-order chi connectivity index (χ0) is 13.7. The van der Waals surface area contributed by atoms with E-state index in [-0.39, 0.29) is 0 Å². The van der Waals surface area contributed by atoms with Crippen molar-refractivity contribution in [2.24, 2.45) is 0 Å². The summed E-state index contributed by atoms with van der Waals surface area (Å²) in [5, 5.41) is 7.83. The van der Waals surface area contributed by atoms with E-state index in [1.54, 1.807) is 0 Å². The van der Waals surface area contributed by atoms with Gasteiger partial charge >= 0.3 is 0 Å². The molecule has 1 heterocycles. The van der Waals surface area contributed by atoms with Crippen molar-refractivity contribution in [3.63, 3.8) is 0 Å². The monoisotopic (exact) mass is 257 g/mol. The molecule has 0 amide bonds. The fourth-order valence-electron chi connectivity index (χ4n) is 2.11. The highest BCUT2D eigenvalue weighted by molar-refractivity contribution is 5.22. The van der Waals surface area contributed by atoms with Crippen LogP contribution >= 0.6 is 0 Å². The number of rotatable bonds is 6. The summed E-state index contributed by atoms with van der Waals surface area (Å²) in [6.45, 7) is 8.26. The Morgan fingerprint density at radius 3 is 2.58 bits per heavy atom. The van der Waals surface area contributed by atoms with Crippen LogP contribution in [0.5, 0.6) is 0 Å². The minimum absolute atomic E-state index is 0.465. The Kier molecular flexibility index (Phi) is 4.74. The summed E-state index contributed by atoms with van der Waals surface area (Å²) in [5.41, 5.74) is 3.95. The molecule has 1 N–H and O–H groups in total. The molecule has 19 heavy (non-hydrogen) atoms. The minimum Gasteiger partial charge on any atom is -0.310 e. The summed E-state index contributed by atoms with van der Waals surface area (Å²) in [4.78, 5) is 0. The summed E-state index contributed by atoms with van der Waals surface area (Å²) < 4.78 is 1.96. The van der Waals surface area contributed by atoms with E-state index in [4.69, 9.17) is 0 Å². The van der Waals surface area contributed by atoms with Crippen LogP contribution in [0.4, 0.5) is 0 Å². The Hall–Kier alpha value is -1.61. The van der Waals surface area contributed by atoms with Crippen molar-refractivity contribution in [3.05, 3.63) is 53.3 Å². The average molecular weight is 257 g/mol. The van der Waals surface area contributed by atoms with Crippen molar-refractivity contribution >= 4 is 0 Å². The van der Waals surface area contributed by atoms with Gasteiger partial charge in [-0.3, -0.25) is 4.68 Å². The molecular weight excluding hydrogens is 234 g/mol. The molecule has 3 heteroatoms. The molecule has 0 saturated heterocycles. The molecular formula is C16H23N3. The van der Waals surface area contributed by atoms with E-state index in [9.17, 15) is 0 Å². The van der Waals surface area contributed by atoms with Crippen LogP contribution in [-0.4, -0.2) is 15.8 Å². The predicted octanol–water partition coefficient (Wildman–Crippen LogP) is 2.93. The topological polar surface area (TPSA) is 29.9 Å². The number of hydrogen-bond donors (Lipinski definition) is 1. The van der Waals surface area contributed by atoms with Crippen LogP contribution in [0.1, 0.15) is 30.5 Å². The quantitative estimate of drug-likeness (QED) is 0.862. The highest BCUT2D eigenvalue weighted by atomic mass is 15.3. The van der Waals surface area contributed by atoms with Gasteiger partial charge in [0.2, 0.25) is 0 Å². The lowest BCUT2D eigenvalue weighted by Gasteiger charge is -2.13. The van der Waals surface area contributed by atoms with Crippen molar-refractivity contribution in [2.45, 2.75) is 46.3 Å². The van der Waals surface area contributed by atoms with E-state index in [1.165, 1.54) is 16.7 Å². The first-order chi connectivity index (χ1) is 9.17. The summed E-state index contributed by atoms with van der Waals surface area (Å²) >= 11 is 0. The smallest absolute Gasteiger partial charge is 0.0534 e. The Bertz CT molecular complexity index is 499. The zero-order valence-corrected chi connectivity index (χ0v) is 12.1. The fourth-order valence-corrected chi connectivity index (χ4v) is 2.11. The van der Waals surface area contributed by atoms with Gasteiger partial charge in [-0.05, 0) is 32.8 Å². The third kappa shape index (κ3) is 4.21. The number of nitrogens with zero attached hydrogens (tertiary/aromatic N) is 2. The van der Waals surface area contributed by atoms with Crippen molar-refractivity contribution in [3.8, 4) is 0 Å². The van der Waals surface area contributed by atoms with Crippen molar-refractivity contribution in [2.75, 3.05) is 0 Å². The molecule has 0 unspecified atom stereocenters.